The zero-order valence-electron chi connectivity index (χ0n) is 11.9. The number of hydrogen-bond donors (Lipinski definition) is 2. The van der Waals surface area contributed by atoms with Gasteiger partial charge in [0, 0.05) is 17.0 Å². The Kier molecular flexibility index (Phi) is 4.03. The summed E-state index contributed by atoms with van der Waals surface area (Å²) in [4.78, 5) is 0. The molecule has 0 aromatic heterocycles. The average molecular weight is 302 g/mol. The zero-order chi connectivity index (χ0) is 14.9. The molecule has 110 valence electrons. The minimum atomic E-state index is -0.588. The molecule has 2 aromatic carbocycles. The predicted octanol–water partition coefficient (Wildman–Crippen LogP) is 3.51. The Labute approximate surface area is 130 Å². The summed E-state index contributed by atoms with van der Waals surface area (Å²) in [7, 11) is 0. The van der Waals surface area contributed by atoms with Gasteiger partial charge >= 0.3 is 0 Å². The summed E-state index contributed by atoms with van der Waals surface area (Å²) < 4.78 is 0. The van der Waals surface area contributed by atoms with Crippen molar-refractivity contribution >= 4 is 11.6 Å². The Morgan fingerprint density at radius 3 is 2.62 bits per heavy atom. The first-order valence-electron chi connectivity index (χ1n) is 7.35. The van der Waals surface area contributed by atoms with E-state index >= 15 is 0 Å². The average Bonchev–Trinajstić information content (AvgIpc) is 2.53. The minimum absolute atomic E-state index is 0.307. The fourth-order valence-corrected chi connectivity index (χ4v) is 3.57. The van der Waals surface area contributed by atoms with Crippen LogP contribution in [0.4, 0.5) is 0 Å². The van der Waals surface area contributed by atoms with Crippen molar-refractivity contribution in [2.75, 3.05) is 6.54 Å². The molecule has 0 fully saturated rings. The van der Waals surface area contributed by atoms with Crippen LogP contribution in [0.1, 0.15) is 29.2 Å². The highest BCUT2D eigenvalue weighted by Gasteiger charge is 2.40. The highest BCUT2D eigenvalue weighted by Crippen LogP contribution is 2.44. The van der Waals surface area contributed by atoms with Gasteiger partial charge in [-0.25, -0.2) is 0 Å². The van der Waals surface area contributed by atoms with Crippen molar-refractivity contribution < 1.29 is 5.11 Å². The molecule has 1 aliphatic carbocycles. The molecule has 0 radical (unpaired) electrons. The monoisotopic (exact) mass is 301 g/mol. The predicted molar refractivity (Wildman–Crippen MR) is 86.4 cm³/mol. The van der Waals surface area contributed by atoms with Crippen LogP contribution >= 0.6 is 11.6 Å². The molecule has 0 saturated carbocycles. The Morgan fingerprint density at radius 2 is 1.90 bits per heavy atom. The largest absolute Gasteiger partial charge is 0.388 e. The van der Waals surface area contributed by atoms with Crippen molar-refractivity contribution in [2.45, 2.75) is 25.4 Å². The summed E-state index contributed by atoms with van der Waals surface area (Å²) in [6.45, 7) is 0.467. The van der Waals surface area contributed by atoms with Gasteiger partial charge in [0.1, 0.15) is 0 Å². The van der Waals surface area contributed by atoms with Gasteiger partial charge in [0.2, 0.25) is 0 Å². The van der Waals surface area contributed by atoms with Gasteiger partial charge in [0.15, 0.2) is 0 Å². The number of benzene rings is 2. The molecule has 0 heterocycles. The maximum absolute atomic E-state index is 10.9. The van der Waals surface area contributed by atoms with Crippen molar-refractivity contribution in [3.63, 3.8) is 0 Å². The summed E-state index contributed by atoms with van der Waals surface area (Å²) in [5, 5.41) is 11.6. The second kappa shape index (κ2) is 5.80. The molecule has 0 bridgehead atoms. The maximum Gasteiger partial charge on any atom is 0.0862 e. The number of rotatable bonds is 3. The second-order valence-electron chi connectivity index (χ2n) is 5.97. The van der Waals surface area contributed by atoms with E-state index < -0.39 is 6.10 Å². The molecule has 2 nitrogen and oxygen atoms in total. The Hall–Kier alpha value is -1.35. The molecule has 0 spiro atoms. The minimum Gasteiger partial charge on any atom is -0.388 e. The number of aryl methyl sites for hydroxylation is 1. The van der Waals surface area contributed by atoms with Gasteiger partial charge < -0.3 is 10.8 Å². The smallest absolute Gasteiger partial charge is 0.0862 e. The summed E-state index contributed by atoms with van der Waals surface area (Å²) in [5.41, 5.74) is 9.30. The van der Waals surface area contributed by atoms with Crippen LogP contribution in [0.2, 0.25) is 5.02 Å². The third-order valence-corrected chi connectivity index (χ3v) is 4.94. The molecule has 21 heavy (non-hydrogen) atoms. The molecule has 0 amide bonds. The second-order valence-corrected chi connectivity index (χ2v) is 6.41. The van der Waals surface area contributed by atoms with Crippen LogP contribution < -0.4 is 5.73 Å². The third kappa shape index (κ3) is 2.71. The zero-order valence-corrected chi connectivity index (χ0v) is 12.7. The van der Waals surface area contributed by atoms with E-state index in [-0.39, 0.29) is 5.41 Å². The lowest BCUT2D eigenvalue weighted by Gasteiger charge is -2.41. The fourth-order valence-electron chi connectivity index (χ4n) is 3.37. The summed E-state index contributed by atoms with van der Waals surface area (Å²) in [6.07, 6.45) is 2.08. The van der Waals surface area contributed by atoms with Crippen LogP contribution in [0.3, 0.4) is 0 Å². The van der Waals surface area contributed by atoms with Gasteiger partial charge in [-0.05, 0) is 48.1 Å². The van der Waals surface area contributed by atoms with E-state index in [0.29, 0.717) is 11.6 Å². The number of halogens is 1. The molecule has 2 aromatic rings. The van der Waals surface area contributed by atoms with E-state index in [2.05, 4.69) is 24.3 Å². The lowest BCUT2D eigenvalue weighted by Crippen LogP contribution is -2.41. The van der Waals surface area contributed by atoms with Crippen LogP contribution in [-0.2, 0) is 12.8 Å². The molecule has 3 N–H and O–H groups in total. The summed E-state index contributed by atoms with van der Waals surface area (Å²) in [6, 6.07) is 15.9. The Bertz CT molecular complexity index is 643. The van der Waals surface area contributed by atoms with Gasteiger partial charge in [-0.2, -0.15) is 0 Å². The number of nitrogens with two attached hydrogens (primary N) is 1. The number of fused-ring (bicyclic) bond motifs is 1. The first-order valence-corrected chi connectivity index (χ1v) is 7.73. The lowest BCUT2D eigenvalue weighted by atomic mass is 9.66. The maximum atomic E-state index is 10.9. The van der Waals surface area contributed by atoms with Crippen molar-refractivity contribution in [3.8, 4) is 0 Å². The third-order valence-electron chi connectivity index (χ3n) is 4.70. The Morgan fingerprint density at radius 1 is 1.14 bits per heavy atom. The van der Waals surface area contributed by atoms with Crippen LogP contribution in [-0.4, -0.2) is 11.7 Å². The fraction of sp³-hybridized carbons (Fsp3) is 0.333. The van der Waals surface area contributed by atoms with Gasteiger partial charge in [0.25, 0.3) is 0 Å². The number of aliphatic hydroxyl groups excluding tert-OH is 1. The first kappa shape index (κ1) is 14.6. The van der Waals surface area contributed by atoms with E-state index in [9.17, 15) is 5.11 Å². The van der Waals surface area contributed by atoms with Crippen LogP contribution in [0.25, 0.3) is 0 Å². The van der Waals surface area contributed by atoms with E-state index in [1.54, 1.807) is 0 Å². The normalized spacial score (nSPS) is 22.6. The van der Waals surface area contributed by atoms with Gasteiger partial charge in [-0.1, -0.05) is 48.0 Å². The van der Waals surface area contributed by atoms with Gasteiger partial charge in [-0.15, -0.1) is 0 Å². The topological polar surface area (TPSA) is 46.2 Å². The van der Waals surface area contributed by atoms with Crippen LogP contribution in [0.15, 0.2) is 48.5 Å². The lowest BCUT2D eigenvalue weighted by molar-refractivity contribution is 0.0178. The molecule has 3 heteroatoms. The molecule has 2 atom stereocenters. The molecule has 2 unspecified atom stereocenters. The highest BCUT2D eigenvalue weighted by molar-refractivity contribution is 6.30. The SMILES string of the molecule is NCC1(C(O)c2cccc(Cl)c2)CCc2ccccc2C1. The van der Waals surface area contributed by atoms with Crippen LogP contribution in [0.5, 0.6) is 0 Å². The van der Waals surface area contributed by atoms with E-state index in [4.69, 9.17) is 17.3 Å². The number of hydrogen-bond acceptors (Lipinski definition) is 2. The molecular weight excluding hydrogens is 282 g/mol. The van der Waals surface area contributed by atoms with Crippen molar-refractivity contribution in [2.24, 2.45) is 11.1 Å². The summed E-state index contributed by atoms with van der Waals surface area (Å²) in [5.74, 6) is 0. The van der Waals surface area contributed by atoms with Crippen LogP contribution in [0, 0.1) is 5.41 Å². The standard InChI is InChI=1S/C18H20ClNO/c19-16-7-3-6-14(10-16)17(21)18(12-20)9-8-13-4-1-2-5-15(13)11-18/h1-7,10,17,21H,8-9,11-12,20H2. The van der Waals surface area contributed by atoms with Crippen molar-refractivity contribution in [1.29, 1.82) is 0 Å². The quantitative estimate of drug-likeness (QED) is 0.911. The molecule has 3 rings (SSSR count). The van der Waals surface area contributed by atoms with E-state index in [1.807, 2.05) is 24.3 Å². The van der Waals surface area contributed by atoms with E-state index in [1.165, 1.54) is 11.1 Å². The molecule has 1 aliphatic rings. The van der Waals surface area contributed by atoms with Gasteiger partial charge in [-0.3, -0.25) is 0 Å². The van der Waals surface area contributed by atoms with Gasteiger partial charge in [0.05, 0.1) is 6.10 Å². The molecule has 0 saturated heterocycles. The van der Waals surface area contributed by atoms with Crippen molar-refractivity contribution in [3.05, 3.63) is 70.2 Å². The van der Waals surface area contributed by atoms with E-state index in [0.717, 1.165) is 24.8 Å². The summed E-state index contributed by atoms with van der Waals surface area (Å²) >= 11 is 6.06. The Balaban J connectivity index is 1.95. The number of aliphatic hydroxyl groups is 1. The molecular formula is C18H20ClNO. The first-order chi connectivity index (χ1) is 10.1. The van der Waals surface area contributed by atoms with Crippen molar-refractivity contribution in [1.82, 2.24) is 0 Å². The highest BCUT2D eigenvalue weighted by atomic mass is 35.5. The molecule has 0 aliphatic heterocycles.